The normalized spacial score (nSPS) is 18.3. The molecule has 1 aromatic heterocycles. The van der Waals surface area contributed by atoms with Gasteiger partial charge in [0.2, 0.25) is 5.91 Å². The van der Waals surface area contributed by atoms with Crippen LogP contribution in [0.4, 0.5) is 0 Å². The van der Waals surface area contributed by atoms with E-state index in [1.807, 2.05) is 53.4 Å². The average molecular weight is 546 g/mol. The minimum Gasteiger partial charge on any atom is -0.487 e. The van der Waals surface area contributed by atoms with E-state index in [4.69, 9.17) is 16.3 Å². The first-order chi connectivity index (χ1) is 18.7. The van der Waals surface area contributed by atoms with Crippen LogP contribution in [0.15, 0.2) is 66.9 Å². The number of benzene rings is 2. The van der Waals surface area contributed by atoms with Gasteiger partial charge in [0.25, 0.3) is 0 Å². The Bertz CT molecular complexity index is 1360. The van der Waals surface area contributed by atoms with Crippen molar-refractivity contribution in [1.29, 1.82) is 0 Å². The Morgan fingerprint density at radius 1 is 1.21 bits per heavy atom. The average Bonchev–Trinajstić information content (AvgIpc) is 3.31. The number of likely N-dealkylation sites (tertiary alicyclic amines) is 1. The van der Waals surface area contributed by atoms with Gasteiger partial charge >= 0.3 is 0 Å². The maximum Gasteiger partial charge on any atom is 0.220 e. The summed E-state index contributed by atoms with van der Waals surface area (Å²) in [7, 11) is 0. The third kappa shape index (κ3) is 6.35. The molecule has 1 atom stereocenters. The summed E-state index contributed by atoms with van der Waals surface area (Å²) in [4.78, 5) is 21.5. The van der Waals surface area contributed by atoms with Crippen molar-refractivity contribution in [3.05, 3.63) is 99.8 Å². The summed E-state index contributed by atoms with van der Waals surface area (Å²) in [5.41, 5.74) is 5.01. The van der Waals surface area contributed by atoms with Crippen LogP contribution in [0.1, 0.15) is 61.6 Å². The first-order valence-corrected chi connectivity index (χ1v) is 14.0. The Balaban J connectivity index is 1.32. The van der Waals surface area contributed by atoms with E-state index in [0.717, 1.165) is 71.7 Å². The van der Waals surface area contributed by atoms with Gasteiger partial charge in [0.15, 0.2) is 0 Å². The monoisotopic (exact) mass is 545 g/mol. The molecule has 2 aliphatic rings. The maximum atomic E-state index is 12.5. The van der Waals surface area contributed by atoms with E-state index in [1.165, 1.54) is 0 Å². The van der Waals surface area contributed by atoms with Gasteiger partial charge in [0, 0.05) is 61.5 Å². The fraction of sp³-hybridized carbons (Fsp3) is 0.375. The van der Waals surface area contributed by atoms with Gasteiger partial charge in [-0.3, -0.25) is 9.78 Å². The van der Waals surface area contributed by atoms with Crippen molar-refractivity contribution in [3.8, 4) is 5.75 Å². The Hall–Kier alpha value is -3.19. The molecule has 2 aliphatic heterocycles. The van der Waals surface area contributed by atoms with Crippen molar-refractivity contribution in [1.82, 2.24) is 14.8 Å². The Morgan fingerprint density at radius 3 is 2.74 bits per heavy atom. The van der Waals surface area contributed by atoms with Gasteiger partial charge in [-0.1, -0.05) is 41.9 Å². The van der Waals surface area contributed by atoms with Crippen LogP contribution in [-0.2, 0) is 23.5 Å². The number of pyridine rings is 1. The number of hydrogen-bond acceptors (Lipinski definition) is 5. The summed E-state index contributed by atoms with van der Waals surface area (Å²) in [6, 6.07) is 17.9. The molecule has 39 heavy (non-hydrogen) atoms. The predicted molar refractivity (Wildman–Crippen MR) is 154 cm³/mol. The van der Waals surface area contributed by atoms with Gasteiger partial charge in [0.05, 0.1) is 11.3 Å². The van der Waals surface area contributed by atoms with E-state index in [9.17, 15) is 9.90 Å². The fourth-order valence-electron chi connectivity index (χ4n) is 5.50. The zero-order valence-corrected chi connectivity index (χ0v) is 23.6. The minimum atomic E-state index is -0.955. The van der Waals surface area contributed by atoms with Crippen LogP contribution in [0.25, 0.3) is 5.57 Å². The molecule has 0 aliphatic carbocycles. The number of ether oxygens (including phenoxy) is 1. The number of halogens is 1. The summed E-state index contributed by atoms with van der Waals surface area (Å²) < 4.78 is 6.13. The number of nitrogens with zero attached hydrogens (tertiary/aromatic N) is 3. The van der Waals surface area contributed by atoms with Crippen LogP contribution in [0.2, 0.25) is 5.02 Å². The molecule has 1 amide bonds. The largest absolute Gasteiger partial charge is 0.487 e. The molecular formula is C32H36ClN3O3. The lowest BCUT2D eigenvalue weighted by molar-refractivity contribution is -0.131. The van der Waals surface area contributed by atoms with E-state index >= 15 is 0 Å². The zero-order valence-electron chi connectivity index (χ0n) is 22.9. The fourth-order valence-corrected chi connectivity index (χ4v) is 5.63. The number of hydrogen-bond donors (Lipinski definition) is 1. The van der Waals surface area contributed by atoms with E-state index in [2.05, 4.69) is 22.0 Å². The molecule has 1 saturated heterocycles. The second-order valence-electron chi connectivity index (χ2n) is 11.0. The van der Waals surface area contributed by atoms with Crippen molar-refractivity contribution < 1.29 is 14.6 Å². The molecule has 1 N–H and O–H groups in total. The zero-order chi connectivity index (χ0) is 27.6. The summed E-state index contributed by atoms with van der Waals surface area (Å²) in [5, 5.41) is 11.4. The van der Waals surface area contributed by atoms with Crippen molar-refractivity contribution in [2.45, 2.75) is 58.4 Å². The smallest absolute Gasteiger partial charge is 0.220 e. The highest BCUT2D eigenvalue weighted by atomic mass is 35.5. The molecule has 0 unspecified atom stereocenters. The molecule has 204 valence electrons. The molecule has 0 radical (unpaired) electrons. The molecule has 2 aromatic carbocycles. The molecule has 3 heterocycles. The molecule has 3 aromatic rings. The third-order valence-electron chi connectivity index (χ3n) is 7.67. The number of amides is 1. The second kappa shape index (κ2) is 11.5. The van der Waals surface area contributed by atoms with E-state index in [1.54, 1.807) is 27.0 Å². The quantitative estimate of drug-likeness (QED) is 0.406. The molecule has 5 rings (SSSR count). The molecule has 0 saturated carbocycles. The summed E-state index contributed by atoms with van der Waals surface area (Å²) in [6.07, 6.45) is 5.88. The SMILES string of the molecule is CC(=O)N(Cc1ccc(Cl)cc1)[C@H]1CCN(CCC=C2c3cc(C(C)(C)O)ccc3OCc3ncccc32)C1. The standard InChI is InChI=1S/C32H36ClN3O3/c1-22(37)36(19-23-8-11-25(33)12-9-23)26-14-17-35(20-26)16-5-7-27-28-6-4-15-34-30(28)21-39-31-13-10-24(18-29(27)31)32(2,3)38/h4,6-13,15,18,26,38H,5,14,16-17,19-21H2,1-3H3/t26-/m0/s1. The summed E-state index contributed by atoms with van der Waals surface area (Å²) in [6.45, 7) is 8.96. The second-order valence-corrected chi connectivity index (χ2v) is 11.4. The van der Waals surface area contributed by atoms with Crippen molar-refractivity contribution in [2.75, 3.05) is 19.6 Å². The number of carbonyl (C=O) groups is 1. The van der Waals surface area contributed by atoms with E-state index in [-0.39, 0.29) is 11.9 Å². The van der Waals surface area contributed by atoms with Crippen LogP contribution >= 0.6 is 11.6 Å². The van der Waals surface area contributed by atoms with Gasteiger partial charge in [-0.2, -0.15) is 0 Å². The highest BCUT2D eigenvalue weighted by Gasteiger charge is 2.29. The number of carbonyl (C=O) groups excluding carboxylic acids is 1. The Labute approximate surface area is 235 Å². The molecule has 1 fully saturated rings. The van der Waals surface area contributed by atoms with Gasteiger partial charge in [0.1, 0.15) is 12.4 Å². The summed E-state index contributed by atoms with van der Waals surface area (Å²) >= 11 is 6.04. The number of aliphatic hydroxyl groups is 1. The topological polar surface area (TPSA) is 65.9 Å². The maximum absolute atomic E-state index is 12.5. The van der Waals surface area contributed by atoms with Gasteiger partial charge in [-0.25, -0.2) is 0 Å². The van der Waals surface area contributed by atoms with Crippen molar-refractivity contribution >= 4 is 23.1 Å². The van der Waals surface area contributed by atoms with Crippen molar-refractivity contribution in [3.63, 3.8) is 0 Å². The van der Waals surface area contributed by atoms with E-state index in [0.29, 0.717) is 18.2 Å². The number of aromatic nitrogens is 1. The summed E-state index contributed by atoms with van der Waals surface area (Å²) in [5.74, 6) is 0.897. The van der Waals surface area contributed by atoms with Gasteiger partial charge in [-0.05, 0) is 73.7 Å². The third-order valence-corrected chi connectivity index (χ3v) is 7.93. The molecular weight excluding hydrogens is 510 g/mol. The minimum absolute atomic E-state index is 0.0979. The lowest BCUT2D eigenvalue weighted by atomic mass is 9.90. The molecule has 0 bridgehead atoms. The lowest BCUT2D eigenvalue weighted by Crippen LogP contribution is -2.40. The molecule has 0 spiro atoms. The number of fused-ring (bicyclic) bond motifs is 2. The van der Waals surface area contributed by atoms with Crippen LogP contribution in [0.3, 0.4) is 0 Å². The lowest BCUT2D eigenvalue weighted by Gasteiger charge is -2.28. The van der Waals surface area contributed by atoms with Crippen LogP contribution in [0, 0.1) is 0 Å². The highest BCUT2D eigenvalue weighted by molar-refractivity contribution is 6.30. The number of rotatable bonds is 7. The van der Waals surface area contributed by atoms with Gasteiger partial charge in [-0.15, -0.1) is 0 Å². The Morgan fingerprint density at radius 2 is 2.00 bits per heavy atom. The first-order valence-electron chi connectivity index (χ1n) is 13.6. The molecule has 7 heteroatoms. The highest BCUT2D eigenvalue weighted by Crippen LogP contribution is 2.38. The van der Waals surface area contributed by atoms with Crippen LogP contribution < -0.4 is 4.74 Å². The first kappa shape index (κ1) is 27.4. The van der Waals surface area contributed by atoms with Crippen LogP contribution in [-0.4, -0.2) is 51.5 Å². The molecule has 6 nitrogen and oxygen atoms in total. The van der Waals surface area contributed by atoms with E-state index < -0.39 is 5.60 Å². The van der Waals surface area contributed by atoms with Gasteiger partial charge < -0.3 is 19.6 Å². The van der Waals surface area contributed by atoms with Crippen LogP contribution in [0.5, 0.6) is 5.75 Å². The van der Waals surface area contributed by atoms with Crippen molar-refractivity contribution in [2.24, 2.45) is 0 Å². The predicted octanol–water partition coefficient (Wildman–Crippen LogP) is 5.80. The Kier molecular flexibility index (Phi) is 8.08.